The number of hydrogen-bond acceptors (Lipinski definition) is 6. The van der Waals surface area contributed by atoms with E-state index in [1.54, 1.807) is 26.0 Å². The maximum Gasteiger partial charge on any atom is 0.347 e. The number of carbonyl (C=O) groups excluding carboxylic acids is 1. The van der Waals surface area contributed by atoms with Crippen LogP contribution < -0.4 is 10.1 Å². The number of hydrogen-bond donors (Lipinski definition) is 1. The molecule has 0 aromatic heterocycles. The topological polar surface area (TPSA) is 90.7 Å². The minimum absolute atomic E-state index is 0.0463. The normalized spacial score (nSPS) is 17.0. The Morgan fingerprint density at radius 1 is 1.25 bits per heavy atom. The van der Waals surface area contributed by atoms with Crippen LogP contribution in [0.3, 0.4) is 0 Å². The second-order valence-corrected chi connectivity index (χ2v) is 7.76. The quantitative estimate of drug-likeness (QED) is 0.363. The molecule has 1 aliphatic rings. The average molecular weight is 392 g/mol. The molecule has 1 saturated carbocycles. The van der Waals surface area contributed by atoms with E-state index in [4.69, 9.17) is 9.47 Å². The molecule has 0 bridgehead atoms. The van der Waals surface area contributed by atoms with Crippen molar-refractivity contribution in [3.63, 3.8) is 0 Å². The molecule has 7 heteroatoms. The molecule has 28 heavy (non-hydrogen) atoms. The maximum atomic E-state index is 11.7. The van der Waals surface area contributed by atoms with Gasteiger partial charge in [0.1, 0.15) is 11.4 Å². The highest BCUT2D eigenvalue weighted by Gasteiger charge is 2.28. The Balaban J connectivity index is 2.19. The summed E-state index contributed by atoms with van der Waals surface area (Å²) in [6.45, 7) is 7.84. The molecule has 0 saturated heterocycles. The van der Waals surface area contributed by atoms with Crippen LogP contribution in [0.25, 0.3) is 0 Å². The van der Waals surface area contributed by atoms with Gasteiger partial charge in [-0.05, 0) is 50.7 Å². The van der Waals surface area contributed by atoms with Crippen LogP contribution >= 0.6 is 0 Å². The minimum atomic E-state index is -0.830. The Kier molecular flexibility index (Phi) is 8.08. The van der Waals surface area contributed by atoms with Crippen LogP contribution in [0, 0.1) is 22.0 Å². The molecule has 2 atom stereocenters. The lowest BCUT2D eigenvalue weighted by Gasteiger charge is -2.34. The summed E-state index contributed by atoms with van der Waals surface area (Å²) in [5.74, 6) is 0.664. The molecule has 0 spiro atoms. The van der Waals surface area contributed by atoms with Gasteiger partial charge < -0.3 is 14.8 Å². The Labute approximate surface area is 166 Å². The van der Waals surface area contributed by atoms with Gasteiger partial charge in [0.15, 0.2) is 6.10 Å². The van der Waals surface area contributed by atoms with Crippen LogP contribution in [0.2, 0.25) is 0 Å². The summed E-state index contributed by atoms with van der Waals surface area (Å²) >= 11 is 0. The van der Waals surface area contributed by atoms with Crippen LogP contribution in [-0.4, -0.2) is 29.6 Å². The lowest BCUT2D eigenvalue weighted by atomic mass is 9.79. The van der Waals surface area contributed by atoms with Gasteiger partial charge in [-0.1, -0.05) is 33.1 Å². The molecule has 1 N–H and O–H groups in total. The van der Waals surface area contributed by atoms with Crippen molar-refractivity contribution in [2.45, 2.75) is 71.9 Å². The van der Waals surface area contributed by atoms with Crippen LogP contribution in [0.1, 0.15) is 59.8 Å². The smallest absolute Gasteiger partial charge is 0.347 e. The largest absolute Gasteiger partial charge is 0.479 e. The van der Waals surface area contributed by atoms with Gasteiger partial charge in [-0.15, -0.1) is 0 Å². The zero-order chi connectivity index (χ0) is 20.7. The first-order valence-corrected chi connectivity index (χ1v) is 10.2. The van der Waals surface area contributed by atoms with Crippen molar-refractivity contribution in [3.05, 3.63) is 28.3 Å². The van der Waals surface area contributed by atoms with Gasteiger partial charge in [0.05, 0.1) is 17.6 Å². The summed E-state index contributed by atoms with van der Waals surface area (Å²) in [7, 11) is 0. The molecule has 0 radical (unpaired) electrons. The number of nitrogens with zero attached hydrogens (tertiary/aromatic N) is 1. The predicted octanol–water partition coefficient (Wildman–Crippen LogP) is 4.94. The molecule has 1 fully saturated rings. The number of nitro groups is 1. The molecule has 1 aromatic carbocycles. The molecule has 0 heterocycles. The number of nitro benzene ring substituents is 1. The summed E-state index contributed by atoms with van der Waals surface area (Å²) in [5, 5.41) is 15.1. The zero-order valence-electron chi connectivity index (χ0n) is 17.3. The van der Waals surface area contributed by atoms with E-state index < -0.39 is 17.0 Å². The summed E-state index contributed by atoms with van der Waals surface area (Å²) in [6, 6.07) is 4.88. The fraction of sp³-hybridized carbons (Fsp3) is 0.667. The van der Waals surface area contributed by atoms with Gasteiger partial charge in [-0.3, -0.25) is 10.1 Å². The third kappa shape index (κ3) is 5.84. The van der Waals surface area contributed by atoms with Crippen LogP contribution in [0.15, 0.2) is 18.2 Å². The van der Waals surface area contributed by atoms with E-state index in [-0.39, 0.29) is 24.1 Å². The monoisotopic (exact) mass is 392 g/mol. The van der Waals surface area contributed by atoms with Gasteiger partial charge in [-0.2, -0.15) is 0 Å². The van der Waals surface area contributed by atoms with Crippen molar-refractivity contribution in [1.29, 1.82) is 0 Å². The predicted molar refractivity (Wildman–Crippen MR) is 109 cm³/mol. The number of carbonyl (C=O) groups is 1. The highest BCUT2D eigenvalue weighted by molar-refractivity contribution is 5.74. The highest BCUT2D eigenvalue weighted by Crippen LogP contribution is 2.35. The van der Waals surface area contributed by atoms with Gasteiger partial charge in [0.25, 0.3) is 5.69 Å². The fourth-order valence-corrected chi connectivity index (χ4v) is 3.87. The Morgan fingerprint density at radius 3 is 2.50 bits per heavy atom. The Morgan fingerprint density at radius 2 is 1.93 bits per heavy atom. The fourth-order valence-electron chi connectivity index (χ4n) is 3.87. The molecular weight excluding hydrogens is 360 g/mol. The van der Waals surface area contributed by atoms with Gasteiger partial charge in [-0.25, -0.2) is 4.79 Å². The number of nitrogens with one attached hydrogen (secondary N) is 1. The first-order chi connectivity index (χ1) is 13.3. The number of esters is 1. The van der Waals surface area contributed by atoms with Crippen molar-refractivity contribution in [3.8, 4) is 5.75 Å². The van der Waals surface area contributed by atoms with Crippen LogP contribution in [0.5, 0.6) is 5.75 Å². The lowest BCUT2D eigenvalue weighted by Crippen LogP contribution is -2.35. The minimum Gasteiger partial charge on any atom is -0.479 e. The van der Waals surface area contributed by atoms with E-state index in [0.29, 0.717) is 17.5 Å². The summed E-state index contributed by atoms with van der Waals surface area (Å²) in [4.78, 5) is 23.0. The van der Waals surface area contributed by atoms with E-state index in [1.165, 1.54) is 25.3 Å². The van der Waals surface area contributed by atoms with Crippen molar-refractivity contribution in [2.24, 2.45) is 11.8 Å². The van der Waals surface area contributed by atoms with Crippen molar-refractivity contribution >= 4 is 17.3 Å². The van der Waals surface area contributed by atoms with E-state index in [9.17, 15) is 14.9 Å². The van der Waals surface area contributed by atoms with Crippen molar-refractivity contribution in [1.82, 2.24) is 0 Å². The Hall–Kier alpha value is -2.31. The highest BCUT2D eigenvalue weighted by atomic mass is 16.6. The number of anilines is 1. The van der Waals surface area contributed by atoms with E-state index in [2.05, 4.69) is 19.2 Å². The zero-order valence-corrected chi connectivity index (χ0v) is 17.3. The lowest BCUT2D eigenvalue weighted by molar-refractivity contribution is -0.384. The number of ether oxygens (including phenoxy) is 2. The molecule has 0 aliphatic heterocycles. The molecule has 1 aliphatic carbocycles. The summed E-state index contributed by atoms with van der Waals surface area (Å²) in [6.07, 6.45) is 5.19. The molecular formula is C21H32N2O5. The van der Waals surface area contributed by atoms with Crippen molar-refractivity contribution in [2.75, 3.05) is 11.9 Å². The standard InChI is InChI=1S/C21H32N2O5/c1-5-27-21(24)15(4)28-17-11-12-18(19(13-17)23(25)26)22-20(14(2)3)16-9-7-6-8-10-16/h11-16,20,22H,5-10H2,1-4H3. The van der Waals surface area contributed by atoms with Gasteiger partial charge in [0.2, 0.25) is 0 Å². The third-order valence-electron chi connectivity index (χ3n) is 5.30. The van der Waals surface area contributed by atoms with Crippen molar-refractivity contribution < 1.29 is 19.2 Å². The molecule has 1 aromatic rings. The van der Waals surface area contributed by atoms with Crippen LogP contribution in [-0.2, 0) is 9.53 Å². The first kappa shape index (κ1) is 22.0. The van der Waals surface area contributed by atoms with E-state index >= 15 is 0 Å². The Bertz CT molecular complexity index is 671. The summed E-state index contributed by atoms with van der Waals surface area (Å²) < 4.78 is 10.4. The maximum absolute atomic E-state index is 11.7. The molecule has 0 amide bonds. The van der Waals surface area contributed by atoms with Crippen LogP contribution in [0.4, 0.5) is 11.4 Å². The van der Waals surface area contributed by atoms with Gasteiger partial charge in [0, 0.05) is 6.04 Å². The SMILES string of the molecule is CCOC(=O)C(C)Oc1ccc(NC(C(C)C)C2CCCCC2)c([N+](=O)[O-])c1. The second-order valence-electron chi connectivity index (χ2n) is 7.76. The van der Waals surface area contributed by atoms with E-state index in [0.717, 1.165) is 12.8 Å². The molecule has 2 rings (SSSR count). The number of benzene rings is 1. The first-order valence-electron chi connectivity index (χ1n) is 10.2. The molecule has 2 unspecified atom stereocenters. The molecule has 156 valence electrons. The molecule has 7 nitrogen and oxygen atoms in total. The van der Waals surface area contributed by atoms with Gasteiger partial charge >= 0.3 is 5.97 Å². The number of rotatable bonds is 9. The third-order valence-corrected chi connectivity index (χ3v) is 5.30. The average Bonchev–Trinajstić information content (AvgIpc) is 2.67. The van der Waals surface area contributed by atoms with E-state index in [1.807, 2.05) is 0 Å². The second kappa shape index (κ2) is 10.3. The summed E-state index contributed by atoms with van der Waals surface area (Å²) in [5.41, 5.74) is 0.445.